The fourth-order valence-electron chi connectivity index (χ4n) is 3.12. The van der Waals surface area contributed by atoms with Crippen molar-refractivity contribution in [2.24, 2.45) is 0 Å². The average molecular weight is 465 g/mol. The van der Waals surface area contributed by atoms with Gasteiger partial charge in [-0.05, 0) is 55.8 Å². The van der Waals surface area contributed by atoms with Crippen LogP contribution in [-0.4, -0.2) is 38.7 Å². The molecule has 1 heterocycles. The van der Waals surface area contributed by atoms with Crippen LogP contribution in [0.4, 0.5) is 0 Å². The van der Waals surface area contributed by atoms with E-state index in [-0.39, 0.29) is 18.3 Å². The molecule has 8 heteroatoms. The van der Waals surface area contributed by atoms with Crippen LogP contribution in [0.2, 0.25) is 0 Å². The van der Waals surface area contributed by atoms with Gasteiger partial charge in [-0.3, -0.25) is 9.59 Å². The van der Waals surface area contributed by atoms with E-state index in [1.807, 2.05) is 38.1 Å². The zero-order valence-corrected chi connectivity index (χ0v) is 19.6. The highest BCUT2D eigenvalue weighted by atomic mass is 16.5. The Balaban J connectivity index is 1.72. The van der Waals surface area contributed by atoms with Gasteiger partial charge >= 0.3 is 0 Å². The molecule has 0 aliphatic rings. The number of carbonyl (C=O) groups excluding carboxylic acids is 2. The topological polar surface area (TPSA) is 99.0 Å². The van der Waals surface area contributed by atoms with Crippen LogP contribution < -0.4 is 24.8 Å². The number of hydrogen-bond acceptors (Lipinski definition) is 6. The molecule has 3 aromatic rings. The molecule has 0 aliphatic heterocycles. The number of benzene rings is 2. The van der Waals surface area contributed by atoms with E-state index in [0.717, 1.165) is 11.3 Å². The lowest BCUT2D eigenvalue weighted by Gasteiger charge is -2.18. The van der Waals surface area contributed by atoms with E-state index in [9.17, 15) is 9.59 Å². The summed E-state index contributed by atoms with van der Waals surface area (Å²) in [5, 5.41) is 5.51. The summed E-state index contributed by atoms with van der Waals surface area (Å²) in [5.41, 5.74) is 1.32. The number of amides is 2. The molecule has 0 aliphatic carbocycles. The summed E-state index contributed by atoms with van der Waals surface area (Å²) >= 11 is 0. The maximum Gasteiger partial charge on any atom is 0.268 e. The first-order valence-corrected chi connectivity index (χ1v) is 10.7. The van der Waals surface area contributed by atoms with Crippen LogP contribution in [0.15, 0.2) is 71.0 Å². The van der Waals surface area contributed by atoms with Crippen molar-refractivity contribution in [3.63, 3.8) is 0 Å². The minimum absolute atomic E-state index is 0.0254. The lowest BCUT2D eigenvalue weighted by molar-refractivity contribution is -0.118. The van der Waals surface area contributed by atoms with Crippen LogP contribution >= 0.6 is 0 Å². The number of aryl methyl sites for hydroxylation is 1. The highest BCUT2D eigenvalue weighted by Gasteiger charge is 2.19. The fraction of sp³-hybridized carbons (Fsp3) is 0.231. The molecule has 0 saturated heterocycles. The van der Waals surface area contributed by atoms with E-state index in [1.165, 1.54) is 32.6 Å². The molecule has 178 valence electrons. The summed E-state index contributed by atoms with van der Waals surface area (Å²) < 4.78 is 21.6. The van der Waals surface area contributed by atoms with Gasteiger partial charge in [0.05, 0.1) is 26.5 Å². The minimum atomic E-state index is -0.488. The normalized spacial score (nSPS) is 11.9. The molecular formula is C26H28N2O6. The van der Waals surface area contributed by atoms with Crippen LogP contribution in [0.1, 0.15) is 28.6 Å². The van der Waals surface area contributed by atoms with Crippen molar-refractivity contribution in [3.05, 3.63) is 83.4 Å². The van der Waals surface area contributed by atoms with Gasteiger partial charge < -0.3 is 29.3 Å². The summed E-state index contributed by atoms with van der Waals surface area (Å²) in [7, 11) is 2.99. The highest BCUT2D eigenvalue weighted by Crippen LogP contribution is 2.27. The van der Waals surface area contributed by atoms with Gasteiger partial charge in [-0.1, -0.05) is 18.2 Å². The Bertz CT molecular complexity index is 1150. The number of hydrogen-bond donors (Lipinski definition) is 2. The molecule has 2 N–H and O–H groups in total. The van der Waals surface area contributed by atoms with Gasteiger partial charge in [-0.25, -0.2) is 0 Å². The zero-order chi connectivity index (χ0) is 24.5. The number of carbonyl (C=O) groups is 2. The van der Waals surface area contributed by atoms with Crippen LogP contribution in [0.5, 0.6) is 17.2 Å². The molecule has 8 nitrogen and oxygen atoms in total. The Hall–Kier alpha value is -4.20. The monoisotopic (exact) mass is 464 g/mol. The van der Waals surface area contributed by atoms with E-state index < -0.39 is 11.8 Å². The molecule has 1 aromatic heterocycles. The van der Waals surface area contributed by atoms with Gasteiger partial charge in [0, 0.05) is 11.6 Å². The van der Waals surface area contributed by atoms with Crippen molar-refractivity contribution in [2.75, 3.05) is 20.8 Å². The number of para-hydroxylation sites is 1. The first kappa shape index (κ1) is 24.4. The molecule has 0 saturated carbocycles. The van der Waals surface area contributed by atoms with E-state index >= 15 is 0 Å². The molecule has 0 bridgehead atoms. The second-order valence-corrected chi connectivity index (χ2v) is 7.55. The molecule has 0 radical (unpaired) electrons. The zero-order valence-electron chi connectivity index (χ0n) is 19.6. The van der Waals surface area contributed by atoms with Crippen LogP contribution in [0, 0.1) is 6.92 Å². The lowest BCUT2D eigenvalue weighted by Crippen LogP contribution is -2.41. The summed E-state index contributed by atoms with van der Waals surface area (Å²) in [4.78, 5) is 25.9. The molecule has 0 fully saturated rings. The maximum absolute atomic E-state index is 13.0. The van der Waals surface area contributed by atoms with Crippen molar-refractivity contribution in [1.82, 2.24) is 10.6 Å². The largest absolute Gasteiger partial charge is 0.493 e. The second kappa shape index (κ2) is 11.6. The molecule has 3 rings (SSSR count). The number of ether oxygens (including phenoxy) is 3. The van der Waals surface area contributed by atoms with Crippen molar-refractivity contribution >= 4 is 17.9 Å². The molecule has 1 atom stereocenters. The fourth-order valence-corrected chi connectivity index (χ4v) is 3.12. The molecule has 2 aromatic carbocycles. The van der Waals surface area contributed by atoms with E-state index in [2.05, 4.69) is 10.6 Å². The minimum Gasteiger partial charge on any atom is -0.493 e. The van der Waals surface area contributed by atoms with Crippen molar-refractivity contribution in [3.8, 4) is 17.2 Å². The number of rotatable bonds is 10. The lowest BCUT2D eigenvalue weighted by atomic mass is 10.1. The molecular weight excluding hydrogens is 436 g/mol. The summed E-state index contributed by atoms with van der Waals surface area (Å²) in [6.07, 6.45) is 2.94. The molecule has 34 heavy (non-hydrogen) atoms. The van der Waals surface area contributed by atoms with Gasteiger partial charge in [-0.15, -0.1) is 0 Å². The Morgan fingerprint density at radius 2 is 1.76 bits per heavy atom. The summed E-state index contributed by atoms with van der Waals surface area (Å²) in [6, 6.07) is 15.4. The van der Waals surface area contributed by atoms with Gasteiger partial charge in [0.2, 0.25) is 0 Å². The number of nitrogens with one attached hydrogen (secondary N) is 2. The van der Waals surface area contributed by atoms with Gasteiger partial charge in [-0.2, -0.15) is 0 Å². The first-order chi connectivity index (χ1) is 16.4. The Labute approximate surface area is 198 Å². The van der Waals surface area contributed by atoms with Gasteiger partial charge in [0.25, 0.3) is 11.8 Å². The average Bonchev–Trinajstić information content (AvgIpc) is 3.35. The van der Waals surface area contributed by atoms with Crippen molar-refractivity contribution < 1.29 is 28.2 Å². The number of furan rings is 1. The highest BCUT2D eigenvalue weighted by molar-refractivity contribution is 6.05. The SMILES string of the molecule is COc1ccc(C(=O)N/C(=C\c2ccco2)C(=O)N[C@@H](C)COc2ccccc2C)cc1OC. The van der Waals surface area contributed by atoms with Crippen LogP contribution in [0.3, 0.4) is 0 Å². The molecule has 2 amide bonds. The summed E-state index contributed by atoms with van der Waals surface area (Å²) in [5.74, 6) is 1.09. The Kier molecular flexibility index (Phi) is 8.34. The third-order valence-corrected chi connectivity index (χ3v) is 4.93. The predicted molar refractivity (Wildman–Crippen MR) is 128 cm³/mol. The quantitative estimate of drug-likeness (QED) is 0.441. The van der Waals surface area contributed by atoms with Crippen LogP contribution in [0.25, 0.3) is 6.08 Å². The predicted octanol–water partition coefficient (Wildman–Crippen LogP) is 3.96. The number of methoxy groups -OCH3 is 2. The van der Waals surface area contributed by atoms with Gasteiger partial charge in [0.1, 0.15) is 23.8 Å². The second-order valence-electron chi connectivity index (χ2n) is 7.55. The van der Waals surface area contributed by atoms with E-state index in [0.29, 0.717) is 22.8 Å². The van der Waals surface area contributed by atoms with E-state index in [4.69, 9.17) is 18.6 Å². The van der Waals surface area contributed by atoms with Crippen LogP contribution in [-0.2, 0) is 4.79 Å². The standard InChI is InChI=1S/C26H28N2O6/c1-17-8-5-6-10-22(17)34-16-18(2)27-26(30)21(15-20-9-7-13-33-20)28-25(29)19-11-12-23(31-3)24(14-19)32-4/h5-15,18H,16H2,1-4H3,(H,27,30)(H,28,29)/b21-15-/t18-/m0/s1. The van der Waals surface area contributed by atoms with Crippen molar-refractivity contribution in [2.45, 2.75) is 19.9 Å². The summed E-state index contributed by atoms with van der Waals surface area (Å²) in [6.45, 7) is 4.03. The smallest absolute Gasteiger partial charge is 0.268 e. The van der Waals surface area contributed by atoms with Gasteiger partial charge in [0.15, 0.2) is 11.5 Å². The third kappa shape index (κ3) is 6.41. The third-order valence-electron chi connectivity index (χ3n) is 4.93. The Morgan fingerprint density at radius 1 is 1.00 bits per heavy atom. The molecule has 0 spiro atoms. The van der Waals surface area contributed by atoms with Crippen molar-refractivity contribution in [1.29, 1.82) is 0 Å². The van der Waals surface area contributed by atoms with E-state index in [1.54, 1.807) is 24.3 Å². The molecule has 0 unspecified atom stereocenters. The first-order valence-electron chi connectivity index (χ1n) is 10.7. The Morgan fingerprint density at radius 3 is 2.44 bits per heavy atom. The maximum atomic E-state index is 13.0.